The normalized spacial score (nSPS) is 9.73. The molecule has 0 saturated heterocycles. The standard InChI is InChI=1S/C10H11NO4/c1-7-5-9(11(13)14)4-3-8(7)6-10(12)15-2/h3-5H,6H2,1-2H3. The van der Waals surface area contributed by atoms with Gasteiger partial charge in [0.25, 0.3) is 5.69 Å². The van der Waals surface area contributed by atoms with E-state index in [1.54, 1.807) is 13.0 Å². The molecule has 0 aromatic heterocycles. The Labute approximate surface area is 86.8 Å². The molecule has 0 N–H and O–H groups in total. The second-order valence-corrected chi connectivity index (χ2v) is 3.12. The van der Waals surface area contributed by atoms with Crippen molar-refractivity contribution in [1.29, 1.82) is 0 Å². The SMILES string of the molecule is COC(=O)Cc1ccc([N+](=O)[O-])cc1C. The lowest BCUT2D eigenvalue weighted by atomic mass is 10.1. The molecule has 0 aliphatic heterocycles. The van der Waals surface area contributed by atoms with Crippen molar-refractivity contribution in [3.8, 4) is 0 Å². The Hall–Kier alpha value is -1.91. The van der Waals surface area contributed by atoms with Crippen LogP contribution < -0.4 is 0 Å². The zero-order chi connectivity index (χ0) is 11.4. The van der Waals surface area contributed by atoms with E-state index in [9.17, 15) is 14.9 Å². The molecule has 0 amide bonds. The number of esters is 1. The molecule has 15 heavy (non-hydrogen) atoms. The number of non-ortho nitro benzene ring substituents is 1. The molecule has 0 spiro atoms. The lowest BCUT2D eigenvalue weighted by Gasteiger charge is -2.03. The molecule has 1 aromatic carbocycles. The summed E-state index contributed by atoms with van der Waals surface area (Å²) in [5.41, 5.74) is 1.49. The van der Waals surface area contributed by atoms with Crippen LogP contribution in [0.4, 0.5) is 5.69 Å². The van der Waals surface area contributed by atoms with E-state index in [0.717, 1.165) is 11.1 Å². The summed E-state index contributed by atoms with van der Waals surface area (Å²) in [5.74, 6) is -0.355. The number of carbonyl (C=O) groups is 1. The first-order valence-electron chi connectivity index (χ1n) is 4.35. The number of ether oxygens (including phenoxy) is 1. The monoisotopic (exact) mass is 209 g/mol. The first kappa shape index (κ1) is 11.2. The number of carbonyl (C=O) groups excluding carboxylic acids is 1. The van der Waals surface area contributed by atoms with E-state index in [2.05, 4.69) is 4.74 Å². The zero-order valence-corrected chi connectivity index (χ0v) is 8.52. The molecule has 0 saturated carbocycles. The van der Waals surface area contributed by atoms with Crippen LogP contribution in [0.1, 0.15) is 11.1 Å². The van der Waals surface area contributed by atoms with Gasteiger partial charge in [0.2, 0.25) is 0 Å². The van der Waals surface area contributed by atoms with Gasteiger partial charge in [-0.3, -0.25) is 14.9 Å². The van der Waals surface area contributed by atoms with Crippen LogP contribution >= 0.6 is 0 Å². The zero-order valence-electron chi connectivity index (χ0n) is 8.52. The van der Waals surface area contributed by atoms with Gasteiger partial charge in [0.05, 0.1) is 18.5 Å². The number of nitro groups is 1. The molecule has 0 heterocycles. The molecule has 80 valence electrons. The summed E-state index contributed by atoms with van der Waals surface area (Å²) in [5, 5.41) is 10.5. The maximum Gasteiger partial charge on any atom is 0.309 e. The van der Waals surface area contributed by atoms with Crippen LogP contribution in [0.5, 0.6) is 0 Å². The Morgan fingerprint density at radius 3 is 2.67 bits per heavy atom. The minimum atomic E-state index is -0.463. The fourth-order valence-electron chi connectivity index (χ4n) is 1.22. The van der Waals surface area contributed by atoms with E-state index in [4.69, 9.17) is 0 Å². The van der Waals surface area contributed by atoms with Crippen molar-refractivity contribution in [2.45, 2.75) is 13.3 Å². The highest BCUT2D eigenvalue weighted by molar-refractivity contribution is 5.73. The van der Waals surface area contributed by atoms with Crippen molar-refractivity contribution in [3.05, 3.63) is 39.4 Å². The summed E-state index contributed by atoms with van der Waals surface area (Å²) in [6.07, 6.45) is 0.139. The van der Waals surface area contributed by atoms with Gasteiger partial charge in [-0.1, -0.05) is 6.07 Å². The van der Waals surface area contributed by atoms with Crippen molar-refractivity contribution in [1.82, 2.24) is 0 Å². The number of nitro benzene ring substituents is 1. The van der Waals surface area contributed by atoms with E-state index >= 15 is 0 Å². The minimum Gasteiger partial charge on any atom is -0.469 e. The van der Waals surface area contributed by atoms with Gasteiger partial charge in [-0.05, 0) is 18.1 Å². The number of aryl methyl sites for hydroxylation is 1. The molecular weight excluding hydrogens is 198 g/mol. The van der Waals surface area contributed by atoms with Crippen molar-refractivity contribution >= 4 is 11.7 Å². The average Bonchev–Trinajstić information content (AvgIpc) is 2.20. The summed E-state index contributed by atoms with van der Waals surface area (Å²) in [6.45, 7) is 1.73. The van der Waals surface area contributed by atoms with Gasteiger partial charge in [-0.15, -0.1) is 0 Å². The fraction of sp³-hybridized carbons (Fsp3) is 0.300. The molecule has 5 heteroatoms. The molecule has 0 fully saturated rings. The Morgan fingerprint density at radius 1 is 1.53 bits per heavy atom. The predicted molar refractivity (Wildman–Crippen MR) is 53.6 cm³/mol. The van der Waals surface area contributed by atoms with E-state index in [0.29, 0.717) is 0 Å². The van der Waals surface area contributed by atoms with Gasteiger partial charge >= 0.3 is 5.97 Å². The van der Waals surface area contributed by atoms with Crippen LogP contribution in [0, 0.1) is 17.0 Å². The van der Waals surface area contributed by atoms with Crippen LogP contribution in [-0.2, 0) is 16.0 Å². The van der Waals surface area contributed by atoms with Gasteiger partial charge in [-0.25, -0.2) is 0 Å². The van der Waals surface area contributed by atoms with Crippen molar-refractivity contribution < 1.29 is 14.5 Å². The van der Waals surface area contributed by atoms with E-state index < -0.39 is 4.92 Å². The highest BCUT2D eigenvalue weighted by atomic mass is 16.6. The average molecular weight is 209 g/mol. The number of rotatable bonds is 3. The predicted octanol–water partition coefficient (Wildman–Crippen LogP) is 1.62. The van der Waals surface area contributed by atoms with Gasteiger partial charge in [0.1, 0.15) is 0 Å². The van der Waals surface area contributed by atoms with Crippen LogP contribution in [0.3, 0.4) is 0 Å². The van der Waals surface area contributed by atoms with Crippen molar-refractivity contribution in [2.24, 2.45) is 0 Å². The molecule has 5 nitrogen and oxygen atoms in total. The van der Waals surface area contributed by atoms with E-state index in [1.807, 2.05) is 0 Å². The third kappa shape index (κ3) is 2.77. The van der Waals surface area contributed by atoms with Gasteiger partial charge in [0.15, 0.2) is 0 Å². The third-order valence-electron chi connectivity index (χ3n) is 2.10. The number of hydrogen-bond acceptors (Lipinski definition) is 4. The highest BCUT2D eigenvalue weighted by Gasteiger charge is 2.10. The van der Waals surface area contributed by atoms with Crippen LogP contribution in [0.25, 0.3) is 0 Å². The van der Waals surface area contributed by atoms with Crippen LogP contribution in [0.2, 0.25) is 0 Å². The maximum absolute atomic E-state index is 11.0. The Kier molecular flexibility index (Phi) is 3.38. The topological polar surface area (TPSA) is 69.4 Å². The van der Waals surface area contributed by atoms with E-state index in [-0.39, 0.29) is 18.1 Å². The summed E-state index contributed by atoms with van der Waals surface area (Å²) in [4.78, 5) is 21.0. The summed E-state index contributed by atoms with van der Waals surface area (Å²) < 4.78 is 4.51. The van der Waals surface area contributed by atoms with E-state index in [1.165, 1.54) is 19.2 Å². The maximum atomic E-state index is 11.0. The van der Waals surface area contributed by atoms with Crippen molar-refractivity contribution in [3.63, 3.8) is 0 Å². The molecular formula is C10H11NO4. The lowest BCUT2D eigenvalue weighted by Crippen LogP contribution is -2.06. The smallest absolute Gasteiger partial charge is 0.309 e. The van der Waals surface area contributed by atoms with Gasteiger partial charge < -0.3 is 4.74 Å². The molecule has 1 aromatic rings. The second kappa shape index (κ2) is 4.54. The molecule has 0 bridgehead atoms. The molecule has 1 rings (SSSR count). The van der Waals surface area contributed by atoms with Crippen molar-refractivity contribution in [2.75, 3.05) is 7.11 Å². The molecule has 0 radical (unpaired) electrons. The van der Waals surface area contributed by atoms with Crippen LogP contribution in [0.15, 0.2) is 18.2 Å². The number of hydrogen-bond donors (Lipinski definition) is 0. The number of nitrogens with zero attached hydrogens (tertiary/aromatic N) is 1. The highest BCUT2D eigenvalue weighted by Crippen LogP contribution is 2.17. The molecule has 0 atom stereocenters. The number of benzene rings is 1. The largest absolute Gasteiger partial charge is 0.469 e. The lowest BCUT2D eigenvalue weighted by molar-refractivity contribution is -0.384. The summed E-state index contributed by atoms with van der Waals surface area (Å²) in [7, 11) is 1.31. The third-order valence-corrected chi connectivity index (χ3v) is 2.10. The quantitative estimate of drug-likeness (QED) is 0.431. The molecule has 0 aliphatic carbocycles. The Morgan fingerprint density at radius 2 is 2.20 bits per heavy atom. The fourth-order valence-corrected chi connectivity index (χ4v) is 1.22. The Bertz CT molecular complexity index is 400. The number of methoxy groups -OCH3 is 1. The minimum absolute atomic E-state index is 0.0288. The van der Waals surface area contributed by atoms with Gasteiger partial charge in [-0.2, -0.15) is 0 Å². The molecule has 0 aliphatic rings. The van der Waals surface area contributed by atoms with Gasteiger partial charge in [0, 0.05) is 12.1 Å². The summed E-state index contributed by atoms with van der Waals surface area (Å²) >= 11 is 0. The van der Waals surface area contributed by atoms with Crippen LogP contribution in [-0.4, -0.2) is 18.0 Å². The summed E-state index contributed by atoms with van der Waals surface area (Å²) in [6, 6.07) is 4.40. The first-order chi connectivity index (χ1) is 7.04. The second-order valence-electron chi connectivity index (χ2n) is 3.12. The Balaban J connectivity index is 2.93. The molecule has 0 unspecified atom stereocenters. The first-order valence-corrected chi connectivity index (χ1v) is 4.35.